The van der Waals surface area contributed by atoms with Crippen molar-refractivity contribution in [2.45, 2.75) is 6.04 Å². The molecule has 0 aliphatic carbocycles. The van der Waals surface area contributed by atoms with Crippen LogP contribution in [0.1, 0.15) is 10.4 Å². The standard InChI is InChI=1S/C11H10N4O3S/c16-10(15-5-19-4-9(15)11(17)18)6-1-2-7-8(3-6)13-14-12-7/h1-3,9H,4-5H2,(H,17,18)(H,12,13,14)/t9-/m0/s1. The van der Waals surface area contributed by atoms with E-state index in [-0.39, 0.29) is 5.91 Å². The van der Waals surface area contributed by atoms with Crippen LogP contribution in [0, 0.1) is 0 Å². The van der Waals surface area contributed by atoms with Crippen LogP contribution >= 0.6 is 11.8 Å². The molecule has 98 valence electrons. The zero-order valence-corrected chi connectivity index (χ0v) is 10.6. The van der Waals surface area contributed by atoms with E-state index in [0.717, 1.165) is 0 Å². The third-order valence-electron chi connectivity index (χ3n) is 2.99. The SMILES string of the molecule is O=C(O)[C@@H]1CSCN1C(=O)c1ccc2n[nH]nc2c1. The Balaban J connectivity index is 1.92. The summed E-state index contributed by atoms with van der Waals surface area (Å²) in [5.41, 5.74) is 1.68. The summed E-state index contributed by atoms with van der Waals surface area (Å²) in [6, 6.07) is 4.17. The van der Waals surface area contributed by atoms with Crippen LogP contribution in [0.2, 0.25) is 0 Å². The lowest BCUT2D eigenvalue weighted by atomic mass is 10.1. The Kier molecular flexibility index (Phi) is 2.86. The third kappa shape index (κ3) is 2.03. The molecule has 0 radical (unpaired) electrons. The molecule has 2 aromatic rings. The Morgan fingerprint density at radius 1 is 1.37 bits per heavy atom. The number of carboxylic acids is 1. The van der Waals surface area contributed by atoms with E-state index in [1.165, 1.54) is 16.7 Å². The molecule has 8 heteroatoms. The maximum Gasteiger partial charge on any atom is 0.327 e. The van der Waals surface area contributed by atoms with Gasteiger partial charge in [0.2, 0.25) is 0 Å². The predicted octanol–water partition coefficient (Wildman–Crippen LogP) is 0.558. The number of aliphatic carboxylic acids is 1. The zero-order chi connectivity index (χ0) is 13.4. The number of carbonyl (C=O) groups is 2. The molecule has 0 unspecified atom stereocenters. The number of nitrogens with one attached hydrogen (secondary N) is 1. The minimum Gasteiger partial charge on any atom is -0.480 e. The van der Waals surface area contributed by atoms with Gasteiger partial charge < -0.3 is 10.0 Å². The van der Waals surface area contributed by atoms with Crippen LogP contribution in [0.4, 0.5) is 0 Å². The Labute approximate surface area is 112 Å². The summed E-state index contributed by atoms with van der Waals surface area (Å²) in [6.45, 7) is 0. The van der Waals surface area contributed by atoms with E-state index in [1.807, 2.05) is 0 Å². The molecule has 0 saturated carbocycles. The van der Waals surface area contributed by atoms with Crippen molar-refractivity contribution in [2.75, 3.05) is 11.6 Å². The molecule has 7 nitrogen and oxygen atoms in total. The molecule has 1 aliphatic rings. The number of nitrogens with zero attached hydrogens (tertiary/aromatic N) is 3. The van der Waals surface area contributed by atoms with Gasteiger partial charge in [0.05, 0.1) is 5.88 Å². The van der Waals surface area contributed by atoms with Crippen LogP contribution < -0.4 is 0 Å². The first-order chi connectivity index (χ1) is 9.16. The highest BCUT2D eigenvalue weighted by Gasteiger charge is 2.35. The number of thioether (sulfide) groups is 1. The molecular weight excluding hydrogens is 268 g/mol. The number of amides is 1. The molecule has 1 aromatic heterocycles. The van der Waals surface area contributed by atoms with E-state index in [0.29, 0.717) is 28.2 Å². The fourth-order valence-electron chi connectivity index (χ4n) is 1.99. The summed E-state index contributed by atoms with van der Waals surface area (Å²) in [5, 5.41) is 19.4. The average Bonchev–Trinajstić information content (AvgIpc) is 3.05. The number of aromatic amines is 1. The average molecular weight is 278 g/mol. The first-order valence-corrected chi connectivity index (χ1v) is 6.74. The number of hydrogen-bond donors (Lipinski definition) is 2. The highest BCUT2D eigenvalue weighted by molar-refractivity contribution is 7.99. The van der Waals surface area contributed by atoms with Crippen LogP contribution in [0.5, 0.6) is 0 Å². The molecule has 19 heavy (non-hydrogen) atoms. The van der Waals surface area contributed by atoms with E-state index < -0.39 is 12.0 Å². The van der Waals surface area contributed by atoms with Crippen molar-refractivity contribution in [1.29, 1.82) is 0 Å². The van der Waals surface area contributed by atoms with Crippen molar-refractivity contribution in [3.8, 4) is 0 Å². The maximum absolute atomic E-state index is 12.3. The predicted molar refractivity (Wildman–Crippen MR) is 68.8 cm³/mol. The van der Waals surface area contributed by atoms with Crippen LogP contribution in [-0.2, 0) is 4.79 Å². The highest BCUT2D eigenvalue weighted by Crippen LogP contribution is 2.24. The number of benzene rings is 1. The van der Waals surface area contributed by atoms with Crippen molar-refractivity contribution in [3.05, 3.63) is 23.8 Å². The van der Waals surface area contributed by atoms with Crippen LogP contribution in [0.3, 0.4) is 0 Å². The topological polar surface area (TPSA) is 99.2 Å². The lowest BCUT2D eigenvalue weighted by molar-refractivity contribution is -0.140. The second-order valence-electron chi connectivity index (χ2n) is 4.16. The van der Waals surface area contributed by atoms with Crippen molar-refractivity contribution < 1.29 is 14.7 Å². The minimum atomic E-state index is -0.971. The minimum absolute atomic E-state index is 0.290. The lowest BCUT2D eigenvalue weighted by Crippen LogP contribution is -2.41. The van der Waals surface area contributed by atoms with Gasteiger partial charge in [-0.05, 0) is 18.2 Å². The lowest BCUT2D eigenvalue weighted by Gasteiger charge is -2.20. The van der Waals surface area contributed by atoms with E-state index in [2.05, 4.69) is 15.4 Å². The van der Waals surface area contributed by atoms with Crippen molar-refractivity contribution in [1.82, 2.24) is 20.3 Å². The highest BCUT2D eigenvalue weighted by atomic mass is 32.2. The van der Waals surface area contributed by atoms with Crippen LogP contribution in [0.25, 0.3) is 11.0 Å². The molecule has 1 aliphatic heterocycles. The zero-order valence-electron chi connectivity index (χ0n) is 9.74. The molecule has 1 amide bonds. The van der Waals surface area contributed by atoms with Gasteiger partial charge >= 0.3 is 5.97 Å². The third-order valence-corrected chi connectivity index (χ3v) is 4.00. The molecule has 2 heterocycles. The number of carbonyl (C=O) groups excluding carboxylic acids is 1. The molecule has 1 aromatic carbocycles. The largest absolute Gasteiger partial charge is 0.480 e. The van der Waals surface area contributed by atoms with Gasteiger partial charge in [-0.15, -0.1) is 11.8 Å². The smallest absolute Gasteiger partial charge is 0.327 e. The van der Waals surface area contributed by atoms with Gasteiger partial charge in [0.1, 0.15) is 17.1 Å². The van der Waals surface area contributed by atoms with Crippen LogP contribution in [0.15, 0.2) is 18.2 Å². The fraction of sp³-hybridized carbons (Fsp3) is 0.273. The Hall–Kier alpha value is -2.09. The normalized spacial score (nSPS) is 18.9. The second kappa shape index (κ2) is 4.54. The molecule has 1 fully saturated rings. The van der Waals surface area contributed by atoms with Gasteiger partial charge in [-0.25, -0.2) is 4.79 Å². The number of hydrogen-bond acceptors (Lipinski definition) is 5. The summed E-state index contributed by atoms with van der Waals surface area (Å²) in [4.78, 5) is 24.8. The van der Waals surface area contributed by atoms with Gasteiger partial charge in [0.15, 0.2) is 0 Å². The summed E-state index contributed by atoms with van der Waals surface area (Å²) < 4.78 is 0. The molecule has 1 atom stereocenters. The molecule has 3 rings (SSSR count). The maximum atomic E-state index is 12.3. The number of H-pyrrole nitrogens is 1. The summed E-state index contributed by atoms with van der Waals surface area (Å²) in [7, 11) is 0. The summed E-state index contributed by atoms with van der Waals surface area (Å²) in [6.07, 6.45) is 0. The Morgan fingerprint density at radius 2 is 2.16 bits per heavy atom. The number of rotatable bonds is 2. The number of aromatic nitrogens is 3. The van der Waals surface area contributed by atoms with Gasteiger partial charge in [0, 0.05) is 11.3 Å². The summed E-state index contributed by atoms with van der Waals surface area (Å²) in [5.74, 6) is -0.442. The van der Waals surface area contributed by atoms with Gasteiger partial charge in [0.25, 0.3) is 5.91 Å². The van der Waals surface area contributed by atoms with Crippen molar-refractivity contribution in [3.63, 3.8) is 0 Å². The second-order valence-corrected chi connectivity index (χ2v) is 5.16. The van der Waals surface area contributed by atoms with E-state index in [4.69, 9.17) is 5.11 Å². The van der Waals surface area contributed by atoms with Gasteiger partial charge in [-0.1, -0.05) is 0 Å². The van der Waals surface area contributed by atoms with E-state index >= 15 is 0 Å². The first-order valence-electron chi connectivity index (χ1n) is 5.59. The van der Waals surface area contributed by atoms with Crippen molar-refractivity contribution >= 4 is 34.7 Å². The van der Waals surface area contributed by atoms with Crippen LogP contribution in [-0.4, -0.2) is 55.0 Å². The number of carboxylic acid groups (broad SMARTS) is 1. The van der Waals surface area contributed by atoms with E-state index in [9.17, 15) is 9.59 Å². The fourth-order valence-corrected chi connectivity index (χ4v) is 3.13. The quantitative estimate of drug-likeness (QED) is 0.832. The molecule has 2 N–H and O–H groups in total. The number of fused-ring (bicyclic) bond motifs is 1. The molecule has 0 bridgehead atoms. The monoisotopic (exact) mass is 278 g/mol. The van der Waals surface area contributed by atoms with Gasteiger partial charge in [-0.2, -0.15) is 15.4 Å². The molecule has 0 spiro atoms. The first kappa shape index (κ1) is 12.0. The van der Waals surface area contributed by atoms with E-state index in [1.54, 1.807) is 18.2 Å². The van der Waals surface area contributed by atoms with Crippen molar-refractivity contribution in [2.24, 2.45) is 0 Å². The molecule has 1 saturated heterocycles. The Bertz CT molecular complexity index is 656. The Morgan fingerprint density at radius 3 is 2.95 bits per heavy atom. The van der Waals surface area contributed by atoms with Gasteiger partial charge in [-0.3, -0.25) is 4.79 Å². The molecular formula is C11H10N4O3S. The summed E-state index contributed by atoms with van der Waals surface area (Å²) >= 11 is 1.44.